The zero-order valence-corrected chi connectivity index (χ0v) is 9.10. The molecule has 2 aromatic rings. The van der Waals surface area contributed by atoms with Gasteiger partial charge in [0.15, 0.2) is 5.82 Å². The van der Waals surface area contributed by atoms with Gasteiger partial charge < -0.3 is 5.73 Å². The molecule has 0 aliphatic carbocycles. The topological polar surface area (TPSA) is 120 Å². The number of H-pyrrole nitrogens is 1. The number of nitrogen functional groups attached to an aromatic ring is 1. The summed E-state index contributed by atoms with van der Waals surface area (Å²) in [7, 11) is 0. The van der Waals surface area contributed by atoms with E-state index in [-0.39, 0.29) is 17.8 Å². The third-order valence-electron chi connectivity index (χ3n) is 2.27. The Hall–Kier alpha value is -2.80. The van der Waals surface area contributed by atoms with Crippen LogP contribution in [-0.4, -0.2) is 20.0 Å². The Morgan fingerprint density at radius 1 is 1.53 bits per heavy atom. The quantitative estimate of drug-likeness (QED) is 0.770. The van der Waals surface area contributed by atoms with Crippen molar-refractivity contribution in [3.8, 4) is 18.0 Å². The first-order valence-electron chi connectivity index (χ1n) is 4.84. The average molecular weight is 227 g/mol. The van der Waals surface area contributed by atoms with E-state index in [0.717, 1.165) is 5.69 Å². The van der Waals surface area contributed by atoms with E-state index in [4.69, 9.17) is 16.3 Å². The summed E-state index contributed by atoms with van der Waals surface area (Å²) in [6.07, 6.45) is 0.0488. The molecular weight excluding hydrogens is 218 g/mol. The van der Waals surface area contributed by atoms with Crippen LogP contribution in [0, 0.1) is 29.6 Å². The molecule has 2 rings (SSSR count). The van der Waals surface area contributed by atoms with Gasteiger partial charge in [-0.15, -0.1) is 0 Å². The Labute approximate surface area is 97.1 Å². The molecule has 17 heavy (non-hydrogen) atoms. The van der Waals surface area contributed by atoms with Gasteiger partial charge in [0.2, 0.25) is 0 Å². The largest absolute Gasteiger partial charge is 0.382 e. The van der Waals surface area contributed by atoms with Gasteiger partial charge in [-0.1, -0.05) is 0 Å². The minimum atomic E-state index is 0.0488. The van der Waals surface area contributed by atoms with E-state index < -0.39 is 0 Å². The Kier molecular flexibility index (Phi) is 2.51. The maximum atomic E-state index is 8.97. The molecule has 3 N–H and O–H groups in total. The lowest BCUT2D eigenvalue weighted by atomic mass is 10.2. The summed E-state index contributed by atoms with van der Waals surface area (Å²) in [5.41, 5.74) is 7.20. The molecule has 0 aromatic carbocycles. The number of aromatic amines is 1. The molecule has 2 heterocycles. The van der Waals surface area contributed by atoms with Crippen LogP contribution in [0.5, 0.6) is 0 Å². The molecule has 0 radical (unpaired) electrons. The Balaban J connectivity index is 2.57. The fourth-order valence-corrected chi connectivity index (χ4v) is 1.50. The number of nitrogens with zero attached hydrogens (tertiary/aromatic N) is 5. The maximum absolute atomic E-state index is 8.97. The second-order valence-corrected chi connectivity index (χ2v) is 3.46. The van der Waals surface area contributed by atoms with E-state index in [9.17, 15) is 0 Å². The third-order valence-corrected chi connectivity index (χ3v) is 2.27. The predicted octanol–water partition coefficient (Wildman–Crippen LogP) is 0.424. The Morgan fingerprint density at radius 2 is 2.29 bits per heavy atom. The van der Waals surface area contributed by atoms with Crippen LogP contribution in [-0.2, 0) is 6.42 Å². The highest BCUT2D eigenvalue weighted by Crippen LogP contribution is 2.19. The number of anilines is 1. The number of rotatable bonds is 2. The fourth-order valence-electron chi connectivity index (χ4n) is 1.50. The van der Waals surface area contributed by atoms with Crippen molar-refractivity contribution < 1.29 is 0 Å². The van der Waals surface area contributed by atoms with Gasteiger partial charge in [-0.25, -0.2) is 0 Å². The van der Waals surface area contributed by atoms with E-state index in [1.165, 1.54) is 4.68 Å². The normalized spacial score (nSPS) is 9.82. The van der Waals surface area contributed by atoms with Crippen LogP contribution >= 0.6 is 0 Å². The number of nitriles is 2. The van der Waals surface area contributed by atoms with E-state index in [0.29, 0.717) is 11.5 Å². The molecule has 7 nitrogen and oxygen atoms in total. The van der Waals surface area contributed by atoms with Crippen molar-refractivity contribution in [1.29, 1.82) is 10.5 Å². The van der Waals surface area contributed by atoms with Crippen LogP contribution in [0.1, 0.15) is 17.0 Å². The van der Waals surface area contributed by atoms with Crippen molar-refractivity contribution >= 4 is 5.82 Å². The van der Waals surface area contributed by atoms with Gasteiger partial charge in [0.25, 0.3) is 0 Å². The van der Waals surface area contributed by atoms with Gasteiger partial charge in [0.1, 0.15) is 17.5 Å². The standard InChI is InChI=1S/C10H9N7/c1-6-4-9(15-14-6)17-10(13)7(5-12)8(16-17)2-3-11/h4H,2,13H2,1H3,(H,14,15). The third kappa shape index (κ3) is 1.70. The molecule has 0 fully saturated rings. The highest BCUT2D eigenvalue weighted by molar-refractivity contribution is 5.55. The van der Waals surface area contributed by atoms with Crippen LogP contribution in [0.4, 0.5) is 5.82 Å². The van der Waals surface area contributed by atoms with Gasteiger partial charge >= 0.3 is 0 Å². The summed E-state index contributed by atoms with van der Waals surface area (Å²) in [6.45, 7) is 1.82. The van der Waals surface area contributed by atoms with Gasteiger partial charge in [-0.2, -0.15) is 25.4 Å². The summed E-state index contributed by atoms with van der Waals surface area (Å²) in [5, 5.41) is 28.4. The monoisotopic (exact) mass is 227 g/mol. The molecule has 0 unspecified atom stereocenters. The molecular formula is C10H9N7. The molecule has 0 saturated carbocycles. The van der Waals surface area contributed by atoms with Gasteiger partial charge in [-0.05, 0) is 6.92 Å². The second kappa shape index (κ2) is 3.99. The van der Waals surface area contributed by atoms with Crippen LogP contribution < -0.4 is 5.73 Å². The summed E-state index contributed by atoms with van der Waals surface area (Å²) in [4.78, 5) is 0. The van der Waals surface area contributed by atoms with E-state index >= 15 is 0 Å². The van der Waals surface area contributed by atoms with Crippen LogP contribution in [0.15, 0.2) is 6.07 Å². The summed E-state index contributed by atoms with van der Waals surface area (Å²) >= 11 is 0. The SMILES string of the molecule is Cc1cc(-n2nc(CC#N)c(C#N)c2N)[nH]n1. The zero-order chi connectivity index (χ0) is 12.4. The lowest BCUT2D eigenvalue weighted by Gasteiger charge is -1.98. The molecule has 84 valence electrons. The molecule has 0 spiro atoms. The molecule has 0 bridgehead atoms. The highest BCUT2D eigenvalue weighted by atomic mass is 15.4. The molecule has 0 amide bonds. The van der Waals surface area contributed by atoms with Crippen molar-refractivity contribution in [2.45, 2.75) is 13.3 Å². The van der Waals surface area contributed by atoms with Crippen molar-refractivity contribution in [1.82, 2.24) is 20.0 Å². The van der Waals surface area contributed by atoms with Crippen molar-refractivity contribution in [2.75, 3.05) is 5.73 Å². The lowest BCUT2D eigenvalue weighted by Crippen LogP contribution is -2.02. The van der Waals surface area contributed by atoms with E-state index in [1.807, 2.05) is 19.1 Å². The van der Waals surface area contributed by atoms with Crippen LogP contribution in [0.25, 0.3) is 5.82 Å². The number of aromatic nitrogens is 4. The first-order valence-corrected chi connectivity index (χ1v) is 4.84. The molecule has 0 aliphatic heterocycles. The van der Waals surface area contributed by atoms with E-state index in [2.05, 4.69) is 15.3 Å². The Morgan fingerprint density at radius 3 is 2.82 bits per heavy atom. The summed E-state index contributed by atoms with van der Waals surface area (Å²) in [6, 6.07) is 5.65. The van der Waals surface area contributed by atoms with Crippen LogP contribution in [0.2, 0.25) is 0 Å². The number of nitrogens with two attached hydrogens (primary N) is 1. The summed E-state index contributed by atoms with van der Waals surface area (Å²) in [5.74, 6) is 0.780. The van der Waals surface area contributed by atoms with Crippen molar-refractivity contribution in [3.63, 3.8) is 0 Å². The van der Waals surface area contributed by atoms with Gasteiger partial charge in [0.05, 0.1) is 23.9 Å². The minimum Gasteiger partial charge on any atom is -0.382 e. The predicted molar refractivity (Wildman–Crippen MR) is 58.9 cm³/mol. The smallest absolute Gasteiger partial charge is 0.151 e. The molecule has 2 aromatic heterocycles. The number of aryl methyl sites for hydroxylation is 1. The van der Waals surface area contributed by atoms with Crippen molar-refractivity contribution in [3.05, 3.63) is 23.0 Å². The van der Waals surface area contributed by atoms with E-state index in [1.54, 1.807) is 6.07 Å². The van der Waals surface area contributed by atoms with Crippen LogP contribution in [0.3, 0.4) is 0 Å². The molecule has 7 heteroatoms. The number of hydrogen-bond donors (Lipinski definition) is 2. The fraction of sp³-hybridized carbons (Fsp3) is 0.200. The van der Waals surface area contributed by atoms with Crippen molar-refractivity contribution in [2.24, 2.45) is 0 Å². The zero-order valence-electron chi connectivity index (χ0n) is 9.10. The lowest BCUT2D eigenvalue weighted by molar-refractivity contribution is 0.824. The molecule has 0 aliphatic rings. The number of hydrogen-bond acceptors (Lipinski definition) is 5. The minimum absolute atomic E-state index is 0.0488. The van der Waals surface area contributed by atoms with Gasteiger partial charge in [-0.3, -0.25) is 5.10 Å². The number of nitrogens with one attached hydrogen (secondary N) is 1. The Bertz CT molecular complexity index is 635. The summed E-state index contributed by atoms with van der Waals surface area (Å²) < 4.78 is 1.38. The first kappa shape index (κ1) is 10.7. The highest BCUT2D eigenvalue weighted by Gasteiger charge is 2.16. The van der Waals surface area contributed by atoms with Gasteiger partial charge in [0, 0.05) is 6.07 Å². The maximum Gasteiger partial charge on any atom is 0.151 e. The average Bonchev–Trinajstić information content (AvgIpc) is 2.84. The second-order valence-electron chi connectivity index (χ2n) is 3.46. The first-order chi connectivity index (χ1) is 8.17. The molecule has 0 saturated heterocycles. The molecule has 0 atom stereocenters.